The molecule has 7 heteroatoms. The van der Waals surface area contributed by atoms with Gasteiger partial charge in [-0.15, -0.1) is 5.92 Å². The summed E-state index contributed by atoms with van der Waals surface area (Å²) in [6, 6.07) is 27.5. The molecule has 0 aliphatic rings. The van der Waals surface area contributed by atoms with Gasteiger partial charge in [0.25, 0.3) is 0 Å². The van der Waals surface area contributed by atoms with Crippen LogP contribution in [-0.4, -0.2) is 17.4 Å². The van der Waals surface area contributed by atoms with Crippen molar-refractivity contribution in [2.45, 2.75) is 66.4 Å². The highest BCUT2D eigenvalue weighted by Crippen LogP contribution is 2.30. The molecule has 0 fully saturated rings. The largest absolute Gasteiger partial charge is 0.457 e. The molecule has 0 aromatic heterocycles. The quantitative estimate of drug-likeness (QED) is 0.194. The number of hydrogen-bond donors (Lipinski definition) is 0. The van der Waals surface area contributed by atoms with Gasteiger partial charge in [-0.3, -0.25) is 4.21 Å². The predicted octanol–water partition coefficient (Wildman–Crippen LogP) is 8.31. The van der Waals surface area contributed by atoms with E-state index in [1.807, 2.05) is 38.1 Å². The maximum Gasteiger partial charge on any atom is 0.206 e. The lowest BCUT2D eigenvalue weighted by atomic mass is 9.87. The molecule has 0 aliphatic heterocycles. The van der Waals surface area contributed by atoms with Gasteiger partial charge in [0, 0.05) is 4.90 Å². The van der Waals surface area contributed by atoms with Gasteiger partial charge in [-0.2, -0.15) is 0 Å². The molecule has 41 heavy (non-hydrogen) atoms. The van der Waals surface area contributed by atoms with Crippen LogP contribution in [0.2, 0.25) is 0 Å². The average molecular weight is 587 g/mol. The van der Waals surface area contributed by atoms with Gasteiger partial charge in [0.05, 0.1) is 20.6 Å². The summed E-state index contributed by atoms with van der Waals surface area (Å²) in [6.07, 6.45) is 0. The van der Waals surface area contributed by atoms with Gasteiger partial charge in [0.15, 0.2) is 0 Å². The molecule has 0 bridgehead atoms. The fourth-order valence-electron chi connectivity index (χ4n) is 4.08. The van der Waals surface area contributed by atoms with Crippen LogP contribution < -0.4 is 9.47 Å². The van der Waals surface area contributed by atoms with Crippen LogP contribution in [0.3, 0.4) is 0 Å². The summed E-state index contributed by atoms with van der Waals surface area (Å²) in [4.78, 5) is 0.976. The molecule has 0 N–H and O–H groups in total. The van der Waals surface area contributed by atoms with E-state index in [-0.39, 0.29) is 15.2 Å². The molecule has 1 unspecified atom stereocenters. The number of ether oxygens (including phenoxy) is 2. The van der Waals surface area contributed by atoms with E-state index in [4.69, 9.17) is 9.47 Å². The minimum Gasteiger partial charge on any atom is -0.457 e. The van der Waals surface area contributed by atoms with E-state index < -0.39 is 25.4 Å². The van der Waals surface area contributed by atoms with Crippen LogP contribution in [0, 0.1) is 11.8 Å². The van der Waals surface area contributed by atoms with Gasteiger partial charge in [-0.1, -0.05) is 38.8 Å². The first-order valence-corrected chi connectivity index (χ1v) is 15.8. The third-order valence-electron chi connectivity index (χ3n) is 6.39. The number of sulfone groups is 1. The molecule has 0 radical (unpaired) electrons. The summed E-state index contributed by atoms with van der Waals surface area (Å²) in [5, 5.41) is 0. The number of rotatable bonds is 8. The zero-order chi connectivity index (χ0) is 29.8. The molecule has 212 valence electrons. The van der Waals surface area contributed by atoms with Crippen molar-refractivity contribution in [2.24, 2.45) is 0 Å². The molecular formula is C34H34O5S2. The summed E-state index contributed by atoms with van der Waals surface area (Å²) in [5.41, 5.74) is 1.25. The third kappa shape index (κ3) is 7.27. The van der Waals surface area contributed by atoms with Crippen molar-refractivity contribution >= 4 is 20.6 Å². The summed E-state index contributed by atoms with van der Waals surface area (Å²) in [5.74, 6) is 8.07. The predicted molar refractivity (Wildman–Crippen MR) is 164 cm³/mol. The Morgan fingerprint density at radius 3 is 1.34 bits per heavy atom. The molecule has 5 nitrogen and oxygen atoms in total. The Labute approximate surface area is 245 Å². The highest BCUT2D eigenvalue weighted by molar-refractivity contribution is 7.91. The second kappa shape index (κ2) is 11.9. The molecule has 4 aromatic rings. The van der Waals surface area contributed by atoms with Crippen LogP contribution >= 0.6 is 0 Å². The minimum absolute atomic E-state index is 0.0503. The van der Waals surface area contributed by atoms with Gasteiger partial charge >= 0.3 is 0 Å². The van der Waals surface area contributed by atoms with E-state index in [1.165, 1.54) is 29.8 Å². The Bertz CT molecular complexity index is 1680. The van der Waals surface area contributed by atoms with Crippen molar-refractivity contribution in [2.75, 3.05) is 0 Å². The van der Waals surface area contributed by atoms with E-state index in [0.29, 0.717) is 27.9 Å². The number of benzene rings is 4. The highest BCUT2D eigenvalue weighted by Gasteiger charge is 2.25. The normalized spacial score (nSPS) is 12.6. The van der Waals surface area contributed by atoms with Crippen LogP contribution in [-0.2, 0) is 26.1 Å². The van der Waals surface area contributed by atoms with Gasteiger partial charge < -0.3 is 9.47 Å². The van der Waals surface area contributed by atoms with Crippen molar-refractivity contribution in [3.05, 3.63) is 103 Å². The van der Waals surface area contributed by atoms with Crippen LogP contribution in [0.25, 0.3) is 0 Å². The SMILES string of the molecule is CC#CC(C)(C)S(=O)c1ccc(Oc2ccc(S(=O)(=O)c3ccc(Oc4ccc(C(C)(C)C)cc4)cc3)cc2)cc1. The maximum atomic E-state index is 13.2. The first-order chi connectivity index (χ1) is 19.3. The van der Waals surface area contributed by atoms with E-state index in [1.54, 1.807) is 55.5 Å². The molecular weight excluding hydrogens is 553 g/mol. The second-order valence-corrected chi connectivity index (χ2v) is 15.0. The lowest BCUT2D eigenvalue weighted by Gasteiger charge is -2.19. The minimum atomic E-state index is -3.73. The molecule has 4 aromatic carbocycles. The van der Waals surface area contributed by atoms with Crippen LogP contribution in [0.4, 0.5) is 0 Å². The van der Waals surface area contributed by atoms with Gasteiger partial charge in [-0.05, 0) is 117 Å². The van der Waals surface area contributed by atoms with Crippen molar-refractivity contribution in [1.29, 1.82) is 0 Å². The van der Waals surface area contributed by atoms with E-state index >= 15 is 0 Å². The third-order valence-corrected chi connectivity index (χ3v) is 9.90. The summed E-state index contributed by atoms with van der Waals surface area (Å²) >= 11 is 0. The van der Waals surface area contributed by atoms with E-state index in [0.717, 1.165) is 0 Å². The molecule has 0 saturated heterocycles. The van der Waals surface area contributed by atoms with Gasteiger partial charge in [0.2, 0.25) is 9.84 Å². The Balaban J connectivity index is 1.41. The smallest absolute Gasteiger partial charge is 0.206 e. The Morgan fingerprint density at radius 2 is 0.976 bits per heavy atom. The van der Waals surface area contributed by atoms with E-state index in [9.17, 15) is 12.6 Å². The Morgan fingerprint density at radius 1 is 0.610 bits per heavy atom. The lowest BCUT2D eigenvalue weighted by Crippen LogP contribution is -2.24. The maximum absolute atomic E-state index is 13.2. The zero-order valence-electron chi connectivity index (χ0n) is 24.1. The van der Waals surface area contributed by atoms with Crippen molar-refractivity contribution in [3.8, 4) is 34.8 Å². The summed E-state index contributed by atoms with van der Waals surface area (Å²) in [7, 11) is -5.03. The molecule has 0 saturated carbocycles. The van der Waals surface area contributed by atoms with Crippen LogP contribution in [0.1, 0.15) is 47.1 Å². The Kier molecular flexibility index (Phi) is 8.77. The fourth-order valence-corrected chi connectivity index (χ4v) is 6.51. The van der Waals surface area contributed by atoms with E-state index in [2.05, 4.69) is 32.6 Å². The highest BCUT2D eigenvalue weighted by atomic mass is 32.2. The first-order valence-electron chi connectivity index (χ1n) is 13.2. The molecule has 0 heterocycles. The molecule has 1 atom stereocenters. The molecule has 0 spiro atoms. The first kappa shape index (κ1) is 30.1. The van der Waals surface area contributed by atoms with Crippen molar-refractivity contribution < 1.29 is 22.1 Å². The van der Waals surface area contributed by atoms with Gasteiger partial charge in [0.1, 0.15) is 27.7 Å². The summed E-state index contributed by atoms with van der Waals surface area (Å²) in [6.45, 7) is 11.9. The molecule has 4 rings (SSSR count). The summed E-state index contributed by atoms with van der Waals surface area (Å²) < 4.78 is 50.4. The van der Waals surface area contributed by atoms with Crippen molar-refractivity contribution in [3.63, 3.8) is 0 Å². The second-order valence-electron chi connectivity index (χ2n) is 11.1. The molecule has 0 aliphatic carbocycles. The van der Waals surface area contributed by atoms with Crippen LogP contribution in [0.5, 0.6) is 23.0 Å². The fraction of sp³-hybridized carbons (Fsp3) is 0.235. The van der Waals surface area contributed by atoms with Crippen LogP contribution in [0.15, 0.2) is 112 Å². The monoisotopic (exact) mass is 586 g/mol. The molecule has 0 amide bonds. The topological polar surface area (TPSA) is 69.7 Å². The lowest BCUT2D eigenvalue weighted by molar-refractivity contribution is 0.481. The van der Waals surface area contributed by atoms with Gasteiger partial charge in [-0.25, -0.2) is 8.42 Å². The number of hydrogen-bond acceptors (Lipinski definition) is 5. The average Bonchev–Trinajstić information content (AvgIpc) is 2.93. The zero-order valence-corrected chi connectivity index (χ0v) is 25.7. The van der Waals surface area contributed by atoms with Crippen molar-refractivity contribution in [1.82, 2.24) is 0 Å². The Hall–Kier alpha value is -3.86. The standard InChI is InChI=1S/C34H34O5S2/c1-7-24-34(5,6)40(35)30-18-12-27(13-19-30)39-29-16-22-32(23-17-29)41(36,37)31-20-14-28(15-21-31)38-26-10-8-25(9-11-26)33(2,3)4/h8-23H,1-6H3.